The molecule has 0 fully saturated rings. The molecule has 0 atom stereocenters. The van der Waals surface area contributed by atoms with Crippen LogP contribution in [-0.2, 0) is 14.3 Å². The van der Waals surface area contributed by atoms with Crippen molar-refractivity contribution in [2.45, 2.75) is 18.7 Å². The zero-order valence-electron chi connectivity index (χ0n) is 7.36. The number of hydrogen-bond acceptors (Lipinski definition) is 3. The van der Waals surface area contributed by atoms with E-state index in [0.717, 1.165) is 0 Å². The van der Waals surface area contributed by atoms with Crippen molar-refractivity contribution in [2.24, 2.45) is 0 Å². The van der Waals surface area contributed by atoms with Crippen LogP contribution in [0.2, 0.25) is 0 Å². The first kappa shape index (κ1) is 14.9. The van der Waals surface area contributed by atoms with E-state index in [4.69, 9.17) is 0 Å². The molecular weight excluding hydrogens is 253 g/mol. The molecule has 0 aliphatic heterocycles. The summed E-state index contributed by atoms with van der Waals surface area (Å²) in [4.78, 5) is 10.3. The van der Waals surface area contributed by atoms with E-state index in [1.54, 1.807) is 0 Å². The SMILES string of the molecule is O=C(COCC(F)(F)F)OC(F)(F)C(F)F. The first-order valence-corrected chi connectivity index (χ1v) is 3.57. The van der Waals surface area contributed by atoms with Gasteiger partial charge >= 0.3 is 24.7 Å². The van der Waals surface area contributed by atoms with Crippen molar-refractivity contribution in [2.75, 3.05) is 13.2 Å². The molecule has 0 rings (SSSR count). The molecule has 0 saturated carbocycles. The van der Waals surface area contributed by atoms with Gasteiger partial charge in [-0.05, 0) is 0 Å². The van der Waals surface area contributed by atoms with Gasteiger partial charge in [0.2, 0.25) is 0 Å². The molecule has 10 heteroatoms. The van der Waals surface area contributed by atoms with E-state index in [2.05, 4.69) is 9.47 Å². The number of esters is 1. The van der Waals surface area contributed by atoms with Crippen LogP contribution < -0.4 is 0 Å². The van der Waals surface area contributed by atoms with E-state index >= 15 is 0 Å². The molecule has 0 amide bonds. The van der Waals surface area contributed by atoms with E-state index < -0.39 is 37.9 Å². The van der Waals surface area contributed by atoms with Gasteiger partial charge in [-0.15, -0.1) is 0 Å². The molecule has 0 N–H and O–H groups in total. The number of carbonyl (C=O) groups is 1. The van der Waals surface area contributed by atoms with E-state index in [9.17, 15) is 35.5 Å². The van der Waals surface area contributed by atoms with Gasteiger partial charge in [-0.25, -0.2) is 4.79 Å². The van der Waals surface area contributed by atoms with Crippen molar-refractivity contribution >= 4 is 5.97 Å². The summed E-state index contributed by atoms with van der Waals surface area (Å²) in [6, 6.07) is 0. The van der Waals surface area contributed by atoms with Gasteiger partial charge < -0.3 is 9.47 Å². The average molecular weight is 258 g/mol. The van der Waals surface area contributed by atoms with Crippen molar-refractivity contribution < 1.29 is 45.0 Å². The molecule has 0 saturated heterocycles. The fraction of sp³-hybridized carbons (Fsp3) is 0.833. The third-order valence-electron chi connectivity index (χ3n) is 0.990. The van der Waals surface area contributed by atoms with Gasteiger partial charge in [0.15, 0.2) is 0 Å². The number of hydrogen-bond donors (Lipinski definition) is 0. The fourth-order valence-electron chi connectivity index (χ4n) is 0.476. The van der Waals surface area contributed by atoms with Crippen LogP contribution in [0.1, 0.15) is 0 Å². The lowest BCUT2D eigenvalue weighted by atomic mass is 10.6. The summed E-state index contributed by atoms with van der Waals surface area (Å²) in [5.74, 6) is -2.02. The standard InChI is InChI=1S/C6H5F7O3/c7-4(8)6(12,13)16-3(14)1-15-2-5(9,10)11/h4H,1-2H2. The monoisotopic (exact) mass is 258 g/mol. The average Bonchev–Trinajstić information content (AvgIpc) is 1.99. The highest BCUT2D eigenvalue weighted by Gasteiger charge is 2.45. The number of ether oxygens (including phenoxy) is 2. The maximum atomic E-state index is 12.0. The summed E-state index contributed by atoms with van der Waals surface area (Å²) >= 11 is 0. The van der Waals surface area contributed by atoms with Crippen molar-refractivity contribution in [3.05, 3.63) is 0 Å². The molecule has 0 aliphatic carbocycles. The molecule has 0 aromatic heterocycles. The largest absolute Gasteiger partial charge is 0.463 e. The summed E-state index contributed by atoms with van der Waals surface area (Å²) < 4.78 is 87.6. The first-order chi connectivity index (χ1) is 7.04. The Morgan fingerprint density at radius 3 is 2.00 bits per heavy atom. The highest BCUT2D eigenvalue weighted by Crippen LogP contribution is 2.24. The second-order valence-corrected chi connectivity index (χ2v) is 2.44. The molecule has 0 aromatic carbocycles. The molecule has 0 aromatic rings. The molecule has 96 valence electrons. The Hall–Kier alpha value is -1.06. The summed E-state index contributed by atoms with van der Waals surface area (Å²) in [5.41, 5.74) is 0. The van der Waals surface area contributed by atoms with Crippen molar-refractivity contribution in [1.82, 2.24) is 0 Å². The van der Waals surface area contributed by atoms with E-state index in [0.29, 0.717) is 0 Å². The lowest BCUT2D eigenvalue weighted by Crippen LogP contribution is -2.34. The van der Waals surface area contributed by atoms with Gasteiger partial charge in [-0.3, -0.25) is 0 Å². The number of carbonyl (C=O) groups excluding carboxylic acids is 1. The van der Waals surface area contributed by atoms with E-state index in [1.165, 1.54) is 0 Å². The molecule has 0 aliphatic rings. The maximum Gasteiger partial charge on any atom is 0.463 e. The Bertz CT molecular complexity index is 237. The maximum absolute atomic E-state index is 12.0. The van der Waals surface area contributed by atoms with Crippen LogP contribution in [0.15, 0.2) is 0 Å². The normalized spacial score (nSPS) is 13.0. The van der Waals surface area contributed by atoms with Crippen LogP contribution in [0.3, 0.4) is 0 Å². The minimum absolute atomic E-state index is 1.50. The Kier molecular flexibility index (Phi) is 4.97. The summed E-state index contributed by atoms with van der Waals surface area (Å²) in [6.07, 6.45) is -14.1. The molecule has 16 heavy (non-hydrogen) atoms. The summed E-state index contributed by atoms with van der Waals surface area (Å²) in [5, 5.41) is 0. The lowest BCUT2D eigenvalue weighted by molar-refractivity contribution is -0.287. The molecule has 0 bridgehead atoms. The van der Waals surface area contributed by atoms with Gasteiger partial charge in [0.25, 0.3) is 0 Å². The molecular formula is C6H5F7O3. The predicted octanol–water partition coefficient (Wildman–Crippen LogP) is 1.97. The van der Waals surface area contributed by atoms with E-state index in [-0.39, 0.29) is 0 Å². The van der Waals surface area contributed by atoms with Gasteiger partial charge in [0.1, 0.15) is 13.2 Å². The number of halogens is 7. The van der Waals surface area contributed by atoms with Crippen LogP contribution in [0.4, 0.5) is 30.7 Å². The van der Waals surface area contributed by atoms with Crippen LogP contribution in [0.5, 0.6) is 0 Å². The molecule has 0 spiro atoms. The smallest absolute Gasteiger partial charge is 0.395 e. The highest BCUT2D eigenvalue weighted by molar-refractivity contribution is 5.71. The summed E-state index contributed by atoms with van der Waals surface area (Å²) in [7, 11) is 0. The van der Waals surface area contributed by atoms with Crippen LogP contribution in [0, 0.1) is 0 Å². The van der Waals surface area contributed by atoms with Crippen LogP contribution >= 0.6 is 0 Å². The van der Waals surface area contributed by atoms with Gasteiger partial charge in [-0.1, -0.05) is 0 Å². The van der Waals surface area contributed by atoms with Crippen LogP contribution in [-0.4, -0.2) is 37.9 Å². The van der Waals surface area contributed by atoms with Crippen molar-refractivity contribution in [1.29, 1.82) is 0 Å². The predicted molar refractivity (Wildman–Crippen MR) is 33.9 cm³/mol. The zero-order chi connectivity index (χ0) is 13.0. The second-order valence-electron chi connectivity index (χ2n) is 2.44. The lowest BCUT2D eigenvalue weighted by Gasteiger charge is -2.15. The third kappa shape index (κ3) is 6.43. The first-order valence-electron chi connectivity index (χ1n) is 3.57. The quantitative estimate of drug-likeness (QED) is 0.558. The Balaban J connectivity index is 3.93. The minimum Gasteiger partial charge on any atom is -0.395 e. The molecule has 3 nitrogen and oxygen atoms in total. The second kappa shape index (κ2) is 5.32. The van der Waals surface area contributed by atoms with E-state index in [1.807, 2.05) is 0 Å². The van der Waals surface area contributed by atoms with Crippen molar-refractivity contribution in [3.63, 3.8) is 0 Å². The fourth-order valence-corrected chi connectivity index (χ4v) is 0.476. The van der Waals surface area contributed by atoms with Gasteiger partial charge in [0.05, 0.1) is 0 Å². The Morgan fingerprint density at radius 2 is 1.62 bits per heavy atom. The zero-order valence-corrected chi connectivity index (χ0v) is 7.36. The molecule has 0 unspecified atom stereocenters. The van der Waals surface area contributed by atoms with Crippen molar-refractivity contribution in [3.8, 4) is 0 Å². The topological polar surface area (TPSA) is 35.5 Å². The van der Waals surface area contributed by atoms with Gasteiger partial charge in [-0.2, -0.15) is 30.7 Å². The number of alkyl halides is 7. The third-order valence-corrected chi connectivity index (χ3v) is 0.990. The Labute approximate surface area is 84.1 Å². The molecule has 0 radical (unpaired) electrons. The van der Waals surface area contributed by atoms with Gasteiger partial charge in [0, 0.05) is 0 Å². The summed E-state index contributed by atoms with van der Waals surface area (Å²) in [6.45, 7) is -3.37. The number of rotatable bonds is 5. The highest BCUT2D eigenvalue weighted by atomic mass is 19.4. The minimum atomic E-state index is -5.04. The van der Waals surface area contributed by atoms with Crippen LogP contribution in [0.25, 0.3) is 0 Å². The molecule has 0 heterocycles. The Morgan fingerprint density at radius 1 is 1.12 bits per heavy atom.